The fourth-order valence-electron chi connectivity index (χ4n) is 4.31. The van der Waals surface area contributed by atoms with Crippen LogP contribution in [0.4, 0.5) is 0 Å². The van der Waals surface area contributed by atoms with Crippen molar-refractivity contribution in [1.82, 2.24) is 4.57 Å². The van der Waals surface area contributed by atoms with Gasteiger partial charge in [0, 0.05) is 5.56 Å². The number of carbonyl (C=O) groups excluding carboxylic acids is 1. The lowest BCUT2D eigenvalue weighted by atomic mass is 9.95. The molecule has 0 fully saturated rings. The summed E-state index contributed by atoms with van der Waals surface area (Å²) in [4.78, 5) is 32.1. The second kappa shape index (κ2) is 9.66. The van der Waals surface area contributed by atoms with E-state index in [1.54, 1.807) is 24.5 Å². The molecule has 1 atom stereocenters. The van der Waals surface area contributed by atoms with E-state index in [0.717, 1.165) is 5.56 Å². The van der Waals surface area contributed by atoms with Gasteiger partial charge in [0.1, 0.15) is 11.8 Å². The molecule has 0 N–H and O–H groups in total. The number of rotatable bonds is 6. The fraction of sp³-hybridized carbons (Fsp3) is 0.296. The minimum atomic E-state index is -0.742. The SMILES string of the molecule is CCOC(=O)C1=C(C)N=c2sc(=Cc3ccc4c(c3)OCO4)c(=O)n2C1c1ccccc1OC(C)C. The molecule has 186 valence electrons. The molecule has 5 rings (SSSR count). The van der Waals surface area contributed by atoms with E-state index in [1.165, 1.54) is 11.3 Å². The van der Waals surface area contributed by atoms with Gasteiger partial charge in [-0.15, -0.1) is 0 Å². The van der Waals surface area contributed by atoms with Gasteiger partial charge in [0.15, 0.2) is 16.3 Å². The van der Waals surface area contributed by atoms with E-state index in [2.05, 4.69) is 4.99 Å². The summed E-state index contributed by atoms with van der Waals surface area (Å²) in [5.41, 5.74) is 2.06. The molecule has 0 saturated heterocycles. The predicted molar refractivity (Wildman–Crippen MR) is 135 cm³/mol. The van der Waals surface area contributed by atoms with Gasteiger partial charge in [-0.3, -0.25) is 9.36 Å². The molecule has 0 spiro atoms. The van der Waals surface area contributed by atoms with E-state index >= 15 is 0 Å². The summed E-state index contributed by atoms with van der Waals surface area (Å²) in [5.74, 6) is 1.40. The van der Waals surface area contributed by atoms with Gasteiger partial charge in [-0.1, -0.05) is 35.6 Å². The van der Waals surface area contributed by atoms with Crippen molar-refractivity contribution in [1.29, 1.82) is 0 Å². The van der Waals surface area contributed by atoms with E-state index < -0.39 is 12.0 Å². The number of hydrogen-bond donors (Lipinski definition) is 0. The summed E-state index contributed by atoms with van der Waals surface area (Å²) in [6, 6.07) is 12.2. The maximum atomic E-state index is 13.8. The van der Waals surface area contributed by atoms with Gasteiger partial charge >= 0.3 is 5.97 Å². The zero-order valence-electron chi connectivity index (χ0n) is 20.4. The van der Waals surface area contributed by atoms with Crippen molar-refractivity contribution < 1.29 is 23.7 Å². The van der Waals surface area contributed by atoms with Gasteiger partial charge in [0.25, 0.3) is 5.56 Å². The largest absolute Gasteiger partial charge is 0.491 e. The third-order valence-electron chi connectivity index (χ3n) is 5.79. The van der Waals surface area contributed by atoms with Gasteiger partial charge in [0.2, 0.25) is 6.79 Å². The van der Waals surface area contributed by atoms with Crippen molar-refractivity contribution in [3.63, 3.8) is 0 Å². The highest BCUT2D eigenvalue weighted by atomic mass is 32.1. The van der Waals surface area contributed by atoms with Crippen molar-refractivity contribution >= 4 is 23.4 Å². The first-order valence-corrected chi connectivity index (χ1v) is 12.5. The second-order valence-electron chi connectivity index (χ2n) is 8.62. The van der Waals surface area contributed by atoms with E-state index in [-0.39, 0.29) is 25.1 Å². The van der Waals surface area contributed by atoms with Crippen molar-refractivity contribution in [2.45, 2.75) is 39.8 Å². The van der Waals surface area contributed by atoms with Crippen LogP contribution >= 0.6 is 11.3 Å². The molecule has 0 bridgehead atoms. The Kier molecular flexibility index (Phi) is 6.40. The maximum Gasteiger partial charge on any atom is 0.338 e. The summed E-state index contributed by atoms with van der Waals surface area (Å²) < 4.78 is 24.4. The fourth-order valence-corrected chi connectivity index (χ4v) is 5.35. The number of allylic oxidation sites excluding steroid dienone is 1. The molecule has 2 aromatic carbocycles. The summed E-state index contributed by atoms with van der Waals surface area (Å²) in [5, 5.41) is 0. The molecular formula is C27H26N2O6S. The Morgan fingerprint density at radius 2 is 2.00 bits per heavy atom. The van der Waals surface area contributed by atoms with Crippen LogP contribution in [0.1, 0.15) is 44.9 Å². The van der Waals surface area contributed by atoms with Crippen LogP contribution in [0.25, 0.3) is 6.08 Å². The van der Waals surface area contributed by atoms with E-state index in [9.17, 15) is 9.59 Å². The average Bonchev–Trinajstić information content (AvgIpc) is 3.42. The van der Waals surface area contributed by atoms with Crippen LogP contribution in [0.5, 0.6) is 17.2 Å². The first-order chi connectivity index (χ1) is 17.4. The number of esters is 1. The van der Waals surface area contributed by atoms with Crippen LogP contribution in [-0.4, -0.2) is 30.0 Å². The normalized spacial score (nSPS) is 16.7. The number of thiazole rings is 1. The molecule has 9 heteroatoms. The van der Waals surface area contributed by atoms with Gasteiger partial charge in [-0.2, -0.15) is 0 Å². The molecule has 36 heavy (non-hydrogen) atoms. The van der Waals surface area contributed by atoms with Gasteiger partial charge in [-0.25, -0.2) is 9.79 Å². The van der Waals surface area contributed by atoms with Crippen LogP contribution in [0.3, 0.4) is 0 Å². The van der Waals surface area contributed by atoms with E-state index in [4.69, 9.17) is 18.9 Å². The predicted octanol–water partition coefficient (Wildman–Crippen LogP) is 3.31. The molecule has 2 aliphatic heterocycles. The summed E-state index contributed by atoms with van der Waals surface area (Å²) in [6.45, 7) is 7.76. The number of fused-ring (bicyclic) bond motifs is 2. The Balaban J connectivity index is 1.71. The zero-order valence-corrected chi connectivity index (χ0v) is 21.3. The van der Waals surface area contributed by atoms with Gasteiger partial charge in [-0.05, 0) is 57.5 Å². The number of aromatic nitrogens is 1. The number of carbonyl (C=O) groups is 1. The lowest BCUT2D eigenvalue weighted by Gasteiger charge is -2.26. The molecular weight excluding hydrogens is 480 g/mol. The maximum absolute atomic E-state index is 13.8. The molecule has 0 saturated carbocycles. The third-order valence-corrected chi connectivity index (χ3v) is 6.77. The van der Waals surface area contributed by atoms with Crippen LogP contribution in [-0.2, 0) is 9.53 Å². The zero-order chi connectivity index (χ0) is 25.4. The smallest absolute Gasteiger partial charge is 0.338 e. The highest BCUT2D eigenvalue weighted by Gasteiger charge is 2.35. The van der Waals surface area contributed by atoms with E-state index in [1.807, 2.05) is 56.3 Å². The first kappa shape index (κ1) is 23.9. The minimum Gasteiger partial charge on any atom is -0.491 e. The Labute approximate surface area is 211 Å². The van der Waals surface area contributed by atoms with E-state index in [0.29, 0.717) is 43.4 Å². The van der Waals surface area contributed by atoms with Crippen LogP contribution in [0.2, 0.25) is 0 Å². The average molecular weight is 507 g/mol. The topological polar surface area (TPSA) is 88.4 Å². The molecule has 8 nitrogen and oxygen atoms in total. The second-order valence-corrected chi connectivity index (χ2v) is 9.63. The molecule has 3 aromatic rings. The number of benzene rings is 2. The lowest BCUT2D eigenvalue weighted by molar-refractivity contribution is -0.139. The molecule has 1 aromatic heterocycles. The van der Waals surface area contributed by atoms with Crippen molar-refractivity contribution in [2.24, 2.45) is 4.99 Å². The summed E-state index contributed by atoms with van der Waals surface area (Å²) >= 11 is 1.27. The molecule has 3 heterocycles. The number of hydrogen-bond acceptors (Lipinski definition) is 8. The standard InChI is InChI=1S/C27H26N2O6S/c1-5-32-26(31)23-16(4)28-27-29(24(23)18-8-6-7-9-19(18)35-15(2)3)25(30)22(36-27)13-17-10-11-20-21(12-17)34-14-33-20/h6-13,15,24H,5,14H2,1-4H3. The number of nitrogens with zero attached hydrogens (tertiary/aromatic N) is 2. The molecule has 2 aliphatic rings. The summed E-state index contributed by atoms with van der Waals surface area (Å²) in [7, 11) is 0. The molecule has 0 amide bonds. The number of para-hydroxylation sites is 1. The highest BCUT2D eigenvalue weighted by molar-refractivity contribution is 7.07. The van der Waals surface area contributed by atoms with Crippen LogP contribution in [0.15, 0.2) is 63.5 Å². The van der Waals surface area contributed by atoms with Crippen LogP contribution in [0, 0.1) is 0 Å². The van der Waals surface area contributed by atoms with Gasteiger partial charge in [0.05, 0.1) is 28.5 Å². The number of ether oxygens (including phenoxy) is 4. The minimum absolute atomic E-state index is 0.0934. The first-order valence-electron chi connectivity index (χ1n) is 11.7. The van der Waals surface area contributed by atoms with Crippen molar-refractivity contribution in [2.75, 3.05) is 13.4 Å². The summed E-state index contributed by atoms with van der Waals surface area (Å²) in [6.07, 6.45) is 1.70. The lowest BCUT2D eigenvalue weighted by Crippen LogP contribution is -2.40. The molecule has 0 radical (unpaired) electrons. The molecule has 1 unspecified atom stereocenters. The Morgan fingerprint density at radius 3 is 2.78 bits per heavy atom. The Hall–Kier alpha value is -3.85. The van der Waals surface area contributed by atoms with Crippen molar-refractivity contribution in [3.8, 4) is 17.2 Å². The highest BCUT2D eigenvalue weighted by Crippen LogP contribution is 2.36. The quantitative estimate of drug-likeness (QED) is 0.477. The van der Waals surface area contributed by atoms with Crippen LogP contribution < -0.4 is 29.1 Å². The van der Waals surface area contributed by atoms with Gasteiger partial charge < -0.3 is 18.9 Å². The Morgan fingerprint density at radius 1 is 1.22 bits per heavy atom. The Bertz CT molecular complexity index is 1550. The third kappa shape index (κ3) is 4.30. The molecule has 0 aliphatic carbocycles. The monoisotopic (exact) mass is 506 g/mol. The van der Waals surface area contributed by atoms with Crippen molar-refractivity contribution in [3.05, 3.63) is 84.5 Å².